The molecule has 2 aromatic rings. The zero-order chi connectivity index (χ0) is 23.3. The largest absolute Gasteiger partial charge is 0.469 e. The third-order valence-electron chi connectivity index (χ3n) is 6.72. The Kier molecular flexibility index (Phi) is 7.28. The van der Waals surface area contributed by atoms with Crippen molar-refractivity contribution in [2.75, 3.05) is 13.2 Å². The number of allylic oxidation sites excluding steroid dienone is 2. The van der Waals surface area contributed by atoms with Crippen LogP contribution in [-0.2, 0) is 9.47 Å². The zero-order valence-electron chi connectivity index (χ0n) is 19.5. The van der Waals surface area contributed by atoms with E-state index in [1.54, 1.807) is 0 Å². The Morgan fingerprint density at radius 3 is 1.58 bits per heavy atom. The highest BCUT2D eigenvalue weighted by Gasteiger charge is 2.65. The van der Waals surface area contributed by atoms with E-state index in [1.165, 1.54) is 0 Å². The van der Waals surface area contributed by atoms with Gasteiger partial charge in [-0.15, -0.1) is 0 Å². The summed E-state index contributed by atoms with van der Waals surface area (Å²) in [5, 5.41) is 0. The van der Waals surface area contributed by atoms with E-state index < -0.39 is 8.07 Å². The van der Waals surface area contributed by atoms with Gasteiger partial charge in [-0.05, 0) is 35.1 Å². The first-order valence-corrected chi connectivity index (χ1v) is 14.2. The van der Waals surface area contributed by atoms with E-state index in [0.29, 0.717) is 13.2 Å². The lowest BCUT2D eigenvalue weighted by Gasteiger charge is -2.36. The first-order chi connectivity index (χ1) is 16.1. The van der Waals surface area contributed by atoms with Crippen molar-refractivity contribution in [1.29, 1.82) is 0 Å². The van der Waals surface area contributed by atoms with Gasteiger partial charge in [-0.3, -0.25) is 9.59 Å². The number of carbonyl (C=O) groups excluding carboxylic acids is 2. The van der Waals surface area contributed by atoms with Gasteiger partial charge < -0.3 is 9.47 Å². The standard InChI is InChI=1S/C28H32O4Si/c1-3-5-19-31-27(29)33(28(30)32-20-6-4-2,25-17-15-21-11-7-9-13-23(21)25)26-18-16-22-12-8-10-14-24(22)26/h7-18,25-26H,3-6,19-20H2,1-2H3. The molecule has 0 saturated carbocycles. The second-order valence-corrected chi connectivity index (χ2v) is 12.6. The molecule has 0 N–H and O–H groups in total. The van der Waals surface area contributed by atoms with Crippen molar-refractivity contribution >= 4 is 31.4 Å². The Bertz CT molecular complexity index is 986. The van der Waals surface area contributed by atoms with Gasteiger partial charge in [0.1, 0.15) is 0 Å². The van der Waals surface area contributed by atoms with Gasteiger partial charge in [0.25, 0.3) is 11.2 Å². The van der Waals surface area contributed by atoms with E-state index in [0.717, 1.165) is 47.9 Å². The highest BCUT2D eigenvalue weighted by molar-refractivity contribution is 7.25. The summed E-state index contributed by atoms with van der Waals surface area (Å²) in [5.41, 5.74) is 2.74. The molecule has 0 aromatic heterocycles. The minimum absolute atomic E-state index is 0.322. The molecule has 0 bridgehead atoms. The minimum atomic E-state index is -3.63. The Labute approximate surface area is 197 Å². The molecule has 2 unspecified atom stereocenters. The number of ether oxygens (including phenoxy) is 2. The topological polar surface area (TPSA) is 52.6 Å². The maximum Gasteiger partial charge on any atom is 0.333 e. The average molecular weight is 461 g/mol. The number of hydrogen-bond donors (Lipinski definition) is 0. The quantitative estimate of drug-likeness (QED) is 0.278. The van der Waals surface area contributed by atoms with Crippen LogP contribution in [0.5, 0.6) is 0 Å². The normalized spacial score (nSPS) is 18.1. The average Bonchev–Trinajstić information content (AvgIpc) is 3.46. The van der Waals surface area contributed by atoms with Crippen LogP contribution in [0.4, 0.5) is 9.59 Å². The molecule has 0 amide bonds. The van der Waals surface area contributed by atoms with Gasteiger partial charge >= 0.3 is 8.07 Å². The third kappa shape index (κ3) is 4.22. The van der Waals surface area contributed by atoms with Crippen molar-refractivity contribution < 1.29 is 19.1 Å². The molecule has 172 valence electrons. The van der Waals surface area contributed by atoms with E-state index in [-0.39, 0.29) is 22.3 Å². The predicted octanol–water partition coefficient (Wildman–Crippen LogP) is 7.17. The fourth-order valence-corrected chi connectivity index (χ4v) is 9.49. The molecule has 2 atom stereocenters. The number of hydrogen-bond acceptors (Lipinski definition) is 4. The number of benzene rings is 2. The van der Waals surface area contributed by atoms with Gasteiger partial charge in [0.15, 0.2) is 0 Å². The van der Waals surface area contributed by atoms with Crippen LogP contribution in [0.2, 0.25) is 0 Å². The highest BCUT2D eigenvalue weighted by Crippen LogP contribution is 2.48. The van der Waals surface area contributed by atoms with Crippen LogP contribution in [0.15, 0.2) is 60.7 Å². The maximum absolute atomic E-state index is 14.1. The molecule has 2 aliphatic carbocycles. The van der Waals surface area contributed by atoms with Crippen LogP contribution in [0, 0.1) is 0 Å². The molecule has 0 saturated heterocycles. The summed E-state index contributed by atoms with van der Waals surface area (Å²) in [6.45, 7) is 4.76. The molecule has 2 aliphatic rings. The fourth-order valence-electron chi connectivity index (χ4n) is 4.93. The van der Waals surface area contributed by atoms with Crippen molar-refractivity contribution in [3.8, 4) is 0 Å². The number of carbonyl (C=O) groups is 2. The molecule has 0 aliphatic heterocycles. The molecule has 2 aromatic carbocycles. The number of rotatable bonds is 10. The lowest BCUT2D eigenvalue weighted by atomic mass is 10.1. The SMILES string of the molecule is CCCCOC(=O)[Si](C(=O)OCCCC)(C1C=Cc2ccccc21)C1C=Cc2ccccc21. The smallest absolute Gasteiger partial charge is 0.333 e. The second kappa shape index (κ2) is 10.3. The van der Waals surface area contributed by atoms with Crippen molar-refractivity contribution in [3.05, 3.63) is 82.9 Å². The van der Waals surface area contributed by atoms with Crippen molar-refractivity contribution in [1.82, 2.24) is 0 Å². The summed E-state index contributed by atoms with van der Waals surface area (Å²) in [4.78, 5) is 28.2. The Hall–Kier alpha value is -2.92. The summed E-state index contributed by atoms with van der Waals surface area (Å²) < 4.78 is 11.8. The molecular formula is C28H32O4Si. The third-order valence-corrected chi connectivity index (χ3v) is 11.3. The minimum Gasteiger partial charge on any atom is -0.469 e. The van der Waals surface area contributed by atoms with Crippen LogP contribution in [0.1, 0.15) is 72.9 Å². The van der Waals surface area contributed by atoms with Gasteiger partial charge in [0.05, 0.1) is 13.2 Å². The molecule has 0 radical (unpaired) electrons. The first kappa shape index (κ1) is 23.2. The van der Waals surface area contributed by atoms with Gasteiger partial charge in [-0.2, -0.15) is 0 Å². The Morgan fingerprint density at radius 1 is 0.727 bits per heavy atom. The zero-order valence-corrected chi connectivity index (χ0v) is 20.5. The lowest BCUT2D eigenvalue weighted by Crippen LogP contribution is -2.61. The van der Waals surface area contributed by atoms with Crippen LogP contribution in [0.25, 0.3) is 12.2 Å². The highest BCUT2D eigenvalue weighted by atomic mass is 28.3. The van der Waals surface area contributed by atoms with Crippen LogP contribution in [-0.4, -0.2) is 32.5 Å². The molecule has 4 rings (SSSR count). The molecule has 5 heteroatoms. The van der Waals surface area contributed by atoms with E-state index in [9.17, 15) is 9.59 Å². The van der Waals surface area contributed by atoms with Crippen molar-refractivity contribution in [3.63, 3.8) is 0 Å². The van der Waals surface area contributed by atoms with E-state index in [2.05, 4.69) is 13.8 Å². The molecular weight excluding hydrogens is 428 g/mol. The summed E-state index contributed by atoms with van der Waals surface area (Å²) in [6.07, 6.45) is 11.5. The summed E-state index contributed by atoms with van der Waals surface area (Å²) in [7, 11) is -3.63. The van der Waals surface area contributed by atoms with Gasteiger partial charge in [0.2, 0.25) is 0 Å². The van der Waals surface area contributed by atoms with E-state index >= 15 is 0 Å². The van der Waals surface area contributed by atoms with E-state index in [4.69, 9.17) is 9.47 Å². The Balaban J connectivity index is 1.87. The summed E-state index contributed by atoms with van der Waals surface area (Å²) in [6, 6.07) is 16.1. The number of unbranched alkanes of at least 4 members (excludes halogenated alkanes) is 2. The molecule has 4 nitrogen and oxygen atoms in total. The predicted molar refractivity (Wildman–Crippen MR) is 135 cm³/mol. The fraction of sp³-hybridized carbons (Fsp3) is 0.357. The molecule has 0 fully saturated rings. The van der Waals surface area contributed by atoms with Crippen LogP contribution < -0.4 is 0 Å². The van der Waals surface area contributed by atoms with Gasteiger partial charge in [-0.1, -0.05) is 99.5 Å². The summed E-state index contributed by atoms with van der Waals surface area (Å²) in [5.74, 6) is 0. The summed E-state index contributed by atoms with van der Waals surface area (Å²) >= 11 is 0. The first-order valence-electron chi connectivity index (χ1n) is 12.0. The lowest BCUT2D eigenvalue weighted by molar-refractivity contribution is 0.157. The van der Waals surface area contributed by atoms with Crippen LogP contribution >= 0.6 is 0 Å². The van der Waals surface area contributed by atoms with Crippen molar-refractivity contribution in [2.24, 2.45) is 0 Å². The van der Waals surface area contributed by atoms with Gasteiger partial charge in [0, 0.05) is 11.1 Å². The van der Waals surface area contributed by atoms with Crippen LogP contribution in [0.3, 0.4) is 0 Å². The second-order valence-electron chi connectivity index (χ2n) is 8.78. The number of fused-ring (bicyclic) bond motifs is 2. The molecule has 33 heavy (non-hydrogen) atoms. The van der Waals surface area contributed by atoms with Crippen molar-refractivity contribution in [2.45, 2.75) is 50.6 Å². The molecule has 0 heterocycles. The molecule has 0 spiro atoms. The Morgan fingerprint density at radius 2 is 1.15 bits per heavy atom. The maximum atomic E-state index is 14.1. The monoisotopic (exact) mass is 460 g/mol. The van der Waals surface area contributed by atoms with E-state index in [1.807, 2.05) is 72.8 Å². The van der Waals surface area contributed by atoms with Gasteiger partial charge in [-0.25, -0.2) is 0 Å².